The highest BCUT2D eigenvalue weighted by molar-refractivity contribution is 7.80. The Morgan fingerprint density at radius 3 is 2.65 bits per heavy atom. The number of fused-ring (bicyclic) bond motifs is 2. The van der Waals surface area contributed by atoms with Crippen LogP contribution in [-0.4, -0.2) is 11.9 Å². The normalized spacial score (nSPS) is 29.4. The van der Waals surface area contributed by atoms with Gasteiger partial charge in [0.1, 0.15) is 0 Å². The first-order valence-electron chi connectivity index (χ1n) is 7.69. The van der Waals surface area contributed by atoms with Crippen molar-refractivity contribution in [2.75, 3.05) is 0 Å². The van der Waals surface area contributed by atoms with Crippen molar-refractivity contribution in [1.29, 1.82) is 0 Å². The van der Waals surface area contributed by atoms with E-state index in [0.717, 1.165) is 22.3 Å². The van der Waals surface area contributed by atoms with E-state index in [1.54, 1.807) is 0 Å². The van der Waals surface area contributed by atoms with Crippen LogP contribution < -0.4 is 5.32 Å². The number of amides is 1. The molecule has 2 nitrogen and oxygen atoms in total. The molecule has 1 N–H and O–H groups in total. The quantitative estimate of drug-likeness (QED) is 0.817. The van der Waals surface area contributed by atoms with Crippen molar-refractivity contribution in [3.8, 4) is 0 Å². The minimum atomic E-state index is 0.146. The summed E-state index contributed by atoms with van der Waals surface area (Å²) in [5.74, 6) is 2.65. The molecule has 3 rings (SSSR count). The van der Waals surface area contributed by atoms with Gasteiger partial charge < -0.3 is 5.32 Å². The molecule has 4 atom stereocenters. The summed E-state index contributed by atoms with van der Waals surface area (Å²) < 4.78 is 0. The first-order valence-corrected chi connectivity index (χ1v) is 8.14. The van der Waals surface area contributed by atoms with Crippen LogP contribution >= 0.6 is 12.6 Å². The molecule has 1 aromatic carbocycles. The fourth-order valence-corrected chi connectivity index (χ4v) is 4.27. The second-order valence-corrected chi connectivity index (χ2v) is 7.05. The van der Waals surface area contributed by atoms with E-state index in [1.165, 1.54) is 25.7 Å². The van der Waals surface area contributed by atoms with Crippen LogP contribution in [0.4, 0.5) is 0 Å². The fourth-order valence-electron chi connectivity index (χ4n) is 4.12. The summed E-state index contributed by atoms with van der Waals surface area (Å²) in [5, 5.41) is 3.21. The molecule has 2 saturated carbocycles. The number of benzene rings is 1. The van der Waals surface area contributed by atoms with Gasteiger partial charge in [0.2, 0.25) is 5.91 Å². The van der Waals surface area contributed by atoms with Gasteiger partial charge in [0.05, 0.1) is 6.42 Å². The van der Waals surface area contributed by atoms with Crippen molar-refractivity contribution in [3.63, 3.8) is 0 Å². The number of rotatable bonds is 4. The van der Waals surface area contributed by atoms with Gasteiger partial charge in [-0.1, -0.05) is 18.6 Å². The van der Waals surface area contributed by atoms with E-state index in [1.807, 2.05) is 24.3 Å². The topological polar surface area (TPSA) is 29.1 Å². The largest absolute Gasteiger partial charge is 0.353 e. The first-order chi connectivity index (χ1) is 9.61. The highest BCUT2D eigenvalue weighted by atomic mass is 32.1. The molecule has 1 amide bonds. The fraction of sp³-hybridized carbons (Fsp3) is 0.588. The van der Waals surface area contributed by atoms with Crippen molar-refractivity contribution in [1.82, 2.24) is 5.32 Å². The maximum Gasteiger partial charge on any atom is 0.224 e. The van der Waals surface area contributed by atoms with Gasteiger partial charge in [-0.25, -0.2) is 0 Å². The Morgan fingerprint density at radius 2 is 2.05 bits per heavy atom. The van der Waals surface area contributed by atoms with Gasteiger partial charge in [0, 0.05) is 10.9 Å². The first kappa shape index (κ1) is 14.0. The lowest BCUT2D eigenvalue weighted by molar-refractivity contribution is -0.121. The number of carbonyl (C=O) groups is 1. The predicted octanol–water partition coefficient (Wildman–Crippen LogP) is 3.46. The van der Waals surface area contributed by atoms with E-state index < -0.39 is 0 Å². The summed E-state index contributed by atoms with van der Waals surface area (Å²) in [6.07, 6.45) is 5.98. The van der Waals surface area contributed by atoms with Crippen LogP contribution in [0, 0.1) is 17.8 Å². The van der Waals surface area contributed by atoms with Crippen molar-refractivity contribution in [3.05, 3.63) is 29.8 Å². The molecule has 2 aliphatic rings. The molecular weight excluding hydrogens is 266 g/mol. The highest BCUT2D eigenvalue weighted by Crippen LogP contribution is 2.49. The Kier molecular flexibility index (Phi) is 4.06. The Bertz CT molecular complexity index is 484. The van der Waals surface area contributed by atoms with Gasteiger partial charge in [-0.2, -0.15) is 0 Å². The SMILES string of the molecule is CC(NC(=O)Cc1ccc(S)cc1)C1CC2CCC1C2. The highest BCUT2D eigenvalue weighted by Gasteiger charge is 2.42. The number of carbonyl (C=O) groups excluding carboxylic acids is 1. The second-order valence-electron chi connectivity index (χ2n) is 6.54. The summed E-state index contributed by atoms with van der Waals surface area (Å²) >= 11 is 4.26. The average Bonchev–Trinajstić information content (AvgIpc) is 3.03. The maximum atomic E-state index is 12.1. The van der Waals surface area contributed by atoms with E-state index in [-0.39, 0.29) is 5.91 Å². The van der Waals surface area contributed by atoms with Gasteiger partial charge >= 0.3 is 0 Å². The van der Waals surface area contributed by atoms with Crippen LogP contribution in [-0.2, 0) is 11.2 Å². The zero-order chi connectivity index (χ0) is 14.1. The lowest BCUT2D eigenvalue weighted by atomic mass is 9.84. The Morgan fingerprint density at radius 1 is 1.30 bits per heavy atom. The van der Waals surface area contributed by atoms with Crippen LogP contribution in [0.1, 0.15) is 38.2 Å². The molecule has 2 fully saturated rings. The Labute approximate surface area is 126 Å². The van der Waals surface area contributed by atoms with Gasteiger partial charge in [-0.3, -0.25) is 4.79 Å². The molecule has 108 valence electrons. The summed E-state index contributed by atoms with van der Waals surface area (Å²) in [4.78, 5) is 13.1. The lowest BCUT2D eigenvalue weighted by Gasteiger charge is -2.28. The predicted molar refractivity (Wildman–Crippen MR) is 83.9 cm³/mol. The van der Waals surface area contributed by atoms with E-state index in [0.29, 0.717) is 18.4 Å². The molecule has 2 aliphatic carbocycles. The molecule has 0 radical (unpaired) electrons. The molecule has 4 unspecified atom stereocenters. The third-order valence-electron chi connectivity index (χ3n) is 5.12. The molecule has 0 aromatic heterocycles. The van der Waals surface area contributed by atoms with Crippen molar-refractivity contribution >= 4 is 18.5 Å². The average molecular weight is 289 g/mol. The molecule has 0 heterocycles. The summed E-state index contributed by atoms with van der Waals surface area (Å²) in [5.41, 5.74) is 1.06. The van der Waals surface area contributed by atoms with Gasteiger partial charge in [0.15, 0.2) is 0 Å². The third-order valence-corrected chi connectivity index (χ3v) is 5.42. The zero-order valence-electron chi connectivity index (χ0n) is 12.0. The minimum Gasteiger partial charge on any atom is -0.353 e. The van der Waals surface area contributed by atoms with Crippen molar-refractivity contribution in [2.24, 2.45) is 17.8 Å². The summed E-state index contributed by atoms with van der Waals surface area (Å²) in [7, 11) is 0. The summed E-state index contributed by atoms with van der Waals surface area (Å²) in [6.45, 7) is 2.18. The minimum absolute atomic E-state index is 0.146. The van der Waals surface area contributed by atoms with Crippen LogP contribution in [0.15, 0.2) is 29.2 Å². The molecule has 0 aliphatic heterocycles. The van der Waals surface area contributed by atoms with Gasteiger partial charge in [0.25, 0.3) is 0 Å². The summed E-state index contributed by atoms with van der Waals surface area (Å²) in [6, 6.07) is 8.15. The third kappa shape index (κ3) is 3.03. The molecule has 0 saturated heterocycles. The maximum absolute atomic E-state index is 12.1. The number of hydrogen-bond donors (Lipinski definition) is 2. The Hall–Kier alpha value is -0.960. The second kappa shape index (κ2) is 5.80. The van der Waals surface area contributed by atoms with Crippen molar-refractivity contribution in [2.45, 2.75) is 50.0 Å². The molecule has 3 heteroatoms. The van der Waals surface area contributed by atoms with Crippen LogP contribution in [0.25, 0.3) is 0 Å². The van der Waals surface area contributed by atoms with Crippen LogP contribution in [0.2, 0.25) is 0 Å². The molecule has 0 spiro atoms. The standard InChI is InChI=1S/C17H23NOS/c1-11(16-9-13-2-5-14(16)8-13)18-17(19)10-12-3-6-15(20)7-4-12/h3-4,6-7,11,13-14,16,20H,2,5,8-10H2,1H3,(H,18,19). The Balaban J connectivity index is 1.52. The van der Waals surface area contributed by atoms with E-state index in [2.05, 4.69) is 24.9 Å². The van der Waals surface area contributed by atoms with Gasteiger partial charge in [-0.05, 0) is 61.6 Å². The van der Waals surface area contributed by atoms with Crippen molar-refractivity contribution < 1.29 is 4.79 Å². The van der Waals surface area contributed by atoms with E-state index >= 15 is 0 Å². The molecule has 1 aromatic rings. The molecule has 20 heavy (non-hydrogen) atoms. The van der Waals surface area contributed by atoms with Gasteiger partial charge in [-0.15, -0.1) is 12.6 Å². The molecular formula is C17H23NOS. The van der Waals surface area contributed by atoms with E-state index in [4.69, 9.17) is 0 Å². The number of hydrogen-bond acceptors (Lipinski definition) is 2. The van der Waals surface area contributed by atoms with Crippen LogP contribution in [0.3, 0.4) is 0 Å². The zero-order valence-corrected chi connectivity index (χ0v) is 12.9. The molecule has 2 bridgehead atoms. The monoisotopic (exact) mass is 289 g/mol. The number of thiol groups is 1. The smallest absolute Gasteiger partial charge is 0.224 e. The number of nitrogens with one attached hydrogen (secondary N) is 1. The lowest BCUT2D eigenvalue weighted by Crippen LogP contribution is -2.40. The van der Waals surface area contributed by atoms with Crippen LogP contribution in [0.5, 0.6) is 0 Å². The van der Waals surface area contributed by atoms with E-state index in [9.17, 15) is 4.79 Å².